The molecule has 1 rings (SSSR count). The summed E-state index contributed by atoms with van der Waals surface area (Å²) in [7, 11) is -2.17. The first kappa shape index (κ1) is 10.2. The molecule has 0 aliphatic heterocycles. The fraction of sp³-hybridized carbons (Fsp3) is 0. The first-order chi connectivity index (χ1) is 6.00. The lowest BCUT2D eigenvalue weighted by Gasteiger charge is -2.06. The lowest BCUT2D eigenvalue weighted by molar-refractivity contribution is 0.287. The molecule has 0 amide bonds. The minimum Gasteiger partial charge on any atom is -0.511 e. The van der Waals surface area contributed by atoms with E-state index in [0.29, 0.717) is 6.07 Å². The summed E-state index contributed by atoms with van der Waals surface area (Å²) in [5, 5.41) is 16.2. The van der Waals surface area contributed by atoms with Gasteiger partial charge in [-0.3, -0.25) is 0 Å². The summed E-state index contributed by atoms with van der Waals surface area (Å²) in [4.78, 5) is 0. The fourth-order valence-corrected chi connectivity index (χ4v) is 0.885. The Morgan fingerprint density at radius 1 is 1.31 bits per heavy atom. The van der Waals surface area contributed by atoms with Gasteiger partial charge < -0.3 is 14.7 Å². The van der Waals surface area contributed by atoms with E-state index in [4.69, 9.17) is 21.6 Å². The zero-order valence-electron chi connectivity index (χ0n) is 6.17. The van der Waals surface area contributed by atoms with E-state index in [1.54, 1.807) is 0 Å². The van der Waals surface area contributed by atoms with Gasteiger partial charge in [0.1, 0.15) is 22.4 Å². The first-order valence-electron chi connectivity index (χ1n) is 3.18. The Morgan fingerprint density at radius 3 is 2.46 bits per heavy atom. The largest absolute Gasteiger partial charge is 0.707 e. The van der Waals surface area contributed by atoms with Crippen LogP contribution >= 0.6 is 11.6 Å². The van der Waals surface area contributed by atoms with Crippen LogP contribution in [0.3, 0.4) is 0 Å². The van der Waals surface area contributed by atoms with Crippen LogP contribution in [0.4, 0.5) is 8.78 Å². The summed E-state index contributed by atoms with van der Waals surface area (Å²) in [5.74, 6) is -2.41. The van der Waals surface area contributed by atoms with Gasteiger partial charge in [-0.1, -0.05) is 11.6 Å². The molecule has 0 heterocycles. The van der Waals surface area contributed by atoms with Crippen molar-refractivity contribution < 1.29 is 23.5 Å². The van der Waals surface area contributed by atoms with Crippen molar-refractivity contribution >= 4 is 18.9 Å². The third-order valence-electron chi connectivity index (χ3n) is 1.19. The molecular weight excluding hydrogens is 204 g/mol. The van der Waals surface area contributed by atoms with Gasteiger partial charge in [0.15, 0.2) is 0 Å². The number of hydrogen-bond donors (Lipinski definition) is 2. The predicted octanol–water partition coefficient (Wildman–Crippen LogP) is 0.966. The van der Waals surface area contributed by atoms with E-state index in [1.807, 2.05) is 0 Å². The van der Waals surface area contributed by atoms with Gasteiger partial charge in [0.25, 0.3) is 0 Å². The molecule has 1 aromatic carbocycles. The van der Waals surface area contributed by atoms with Gasteiger partial charge in [0.2, 0.25) is 0 Å². The van der Waals surface area contributed by atoms with Gasteiger partial charge in [-0.25, -0.2) is 8.78 Å². The Kier molecular flexibility index (Phi) is 3.08. The lowest BCUT2D eigenvalue weighted by atomic mass is 10.2. The molecule has 0 bridgehead atoms. The molecule has 2 N–H and O–H groups in total. The van der Waals surface area contributed by atoms with E-state index in [-0.39, 0.29) is 0 Å². The number of rotatable bonds is 2. The molecule has 0 aliphatic rings. The van der Waals surface area contributed by atoms with E-state index in [2.05, 4.69) is 4.65 Å². The van der Waals surface area contributed by atoms with Gasteiger partial charge in [-0.15, -0.1) is 0 Å². The first-order valence-corrected chi connectivity index (χ1v) is 3.56. The third kappa shape index (κ3) is 2.55. The van der Waals surface area contributed by atoms with Gasteiger partial charge >= 0.3 is 7.32 Å². The van der Waals surface area contributed by atoms with Crippen LogP contribution in [0.25, 0.3) is 0 Å². The van der Waals surface area contributed by atoms with E-state index < -0.39 is 29.7 Å². The molecule has 0 radical (unpaired) electrons. The van der Waals surface area contributed by atoms with Crippen molar-refractivity contribution in [2.75, 3.05) is 0 Å². The summed E-state index contributed by atoms with van der Waals surface area (Å²) >= 11 is 5.32. The zero-order chi connectivity index (χ0) is 10.0. The minimum absolute atomic E-state index is 0.464. The minimum atomic E-state index is -2.17. The number of halogens is 3. The van der Waals surface area contributed by atoms with Crippen LogP contribution in [0.1, 0.15) is 0 Å². The van der Waals surface area contributed by atoms with E-state index in [0.717, 1.165) is 6.07 Å². The van der Waals surface area contributed by atoms with Crippen molar-refractivity contribution in [3.05, 3.63) is 28.8 Å². The maximum atomic E-state index is 12.7. The van der Waals surface area contributed by atoms with Gasteiger partial charge in [0, 0.05) is 12.1 Å². The average Bonchev–Trinajstić information content (AvgIpc) is 1.98. The van der Waals surface area contributed by atoms with E-state index >= 15 is 0 Å². The van der Waals surface area contributed by atoms with E-state index in [1.165, 1.54) is 0 Å². The second-order valence-electron chi connectivity index (χ2n) is 2.14. The van der Waals surface area contributed by atoms with Crippen LogP contribution in [0.2, 0.25) is 5.02 Å². The maximum Gasteiger partial charge on any atom is 0.707 e. The summed E-state index contributed by atoms with van der Waals surface area (Å²) in [5.41, 5.74) is 0. The molecule has 0 saturated carbocycles. The molecule has 7 heteroatoms. The highest BCUT2D eigenvalue weighted by molar-refractivity contribution is 6.36. The van der Waals surface area contributed by atoms with Crippen LogP contribution in [0.5, 0.6) is 5.75 Å². The van der Waals surface area contributed by atoms with Crippen molar-refractivity contribution in [1.82, 2.24) is 0 Å². The summed E-state index contributed by atoms with van der Waals surface area (Å²) in [6, 6.07) is 1.30. The topological polar surface area (TPSA) is 49.7 Å². The zero-order valence-corrected chi connectivity index (χ0v) is 6.92. The maximum absolute atomic E-state index is 12.7. The quantitative estimate of drug-likeness (QED) is 0.562. The Hall–Kier alpha value is -0.845. The number of hydrogen-bond acceptors (Lipinski definition) is 3. The smallest absolute Gasteiger partial charge is 0.511 e. The normalized spacial score (nSPS) is 9.92. The van der Waals surface area contributed by atoms with Crippen molar-refractivity contribution in [2.45, 2.75) is 0 Å². The highest BCUT2D eigenvalue weighted by Crippen LogP contribution is 2.28. The van der Waals surface area contributed by atoms with Crippen molar-refractivity contribution in [1.29, 1.82) is 0 Å². The molecule has 0 aromatic heterocycles. The molecule has 70 valence electrons. The van der Waals surface area contributed by atoms with Gasteiger partial charge in [-0.05, 0) is 0 Å². The monoisotopic (exact) mass is 208 g/mol. The van der Waals surface area contributed by atoms with E-state index in [9.17, 15) is 8.78 Å². The fourth-order valence-electron chi connectivity index (χ4n) is 0.732. The third-order valence-corrected chi connectivity index (χ3v) is 1.56. The molecule has 1 aromatic rings. The average molecular weight is 208 g/mol. The van der Waals surface area contributed by atoms with Gasteiger partial charge in [-0.2, -0.15) is 0 Å². The molecule has 13 heavy (non-hydrogen) atoms. The Labute approximate surface area is 77.7 Å². The van der Waals surface area contributed by atoms with Crippen molar-refractivity contribution in [3.8, 4) is 5.75 Å². The second-order valence-corrected chi connectivity index (χ2v) is 2.52. The molecule has 0 atom stereocenters. The molecular formula is C6H4BClF2O3. The second kappa shape index (κ2) is 3.91. The Morgan fingerprint density at radius 2 is 1.92 bits per heavy atom. The molecule has 0 fully saturated rings. The van der Waals surface area contributed by atoms with Crippen LogP contribution in [-0.2, 0) is 0 Å². The van der Waals surface area contributed by atoms with Gasteiger partial charge in [0.05, 0.1) is 0 Å². The van der Waals surface area contributed by atoms with Crippen LogP contribution in [0.15, 0.2) is 12.1 Å². The van der Waals surface area contributed by atoms with Crippen LogP contribution < -0.4 is 4.65 Å². The number of benzene rings is 1. The summed E-state index contributed by atoms with van der Waals surface area (Å²) in [6.45, 7) is 0. The molecule has 0 saturated heterocycles. The van der Waals surface area contributed by atoms with Crippen molar-refractivity contribution in [2.24, 2.45) is 0 Å². The molecule has 0 spiro atoms. The standard InChI is InChI=1S/C6H4BClF2O3/c8-6-4(10)1-3(9)2-5(6)13-7(11)12/h1-2,11-12H. The highest BCUT2D eigenvalue weighted by atomic mass is 35.5. The van der Waals surface area contributed by atoms with Crippen LogP contribution in [0, 0.1) is 11.6 Å². The van der Waals surface area contributed by atoms with Crippen LogP contribution in [-0.4, -0.2) is 17.4 Å². The molecule has 0 unspecified atom stereocenters. The predicted molar refractivity (Wildman–Crippen MR) is 42.2 cm³/mol. The Bertz CT molecular complexity index is 321. The SMILES string of the molecule is OB(O)Oc1cc(F)cc(F)c1Cl. The summed E-state index contributed by atoms with van der Waals surface area (Å²) in [6.07, 6.45) is 0. The lowest BCUT2D eigenvalue weighted by Crippen LogP contribution is -2.21. The highest BCUT2D eigenvalue weighted by Gasteiger charge is 2.17. The Balaban J connectivity index is 3.05. The molecule has 3 nitrogen and oxygen atoms in total. The van der Waals surface area contributed by atoms with Crippen molar-refractivity contribution in [3.63, 3.8) is 0 Å². The molecule has 0 aliphatic carbocycles. The summed E-state index contributed by atoms with van der Waals surface area (Å²) < 4.78 is 29.4.